The zero-order chi connectivity index (χ0) is 14.8. The predicted molar refractivity (Wildman–Crippen MR) is 59.9 cm³/mol. The van der Waals surface area contributed by atoms with Crippen molar-refractivity contribution in [3.63, 3.8) is 0 Å². The van der Waals surface area contributed by atoms with Crippen LogP contribution in [-0.2, 0) is 11.2 Å². The molecule has 0 spiro atoms. The third kappa shape index (κ3) is 4.76. The number of carboxylic acid groups (broad SMARTS) is 1. The van der Waals surface area contributed by atoms with Crippen LogP contribution in [0.25, 0.3) is 0 Å². The van der Waals surface area contributed by atoms with Crippen molar-refractivity contribution < 1.29 is 36.6 Å². The van der Waals surface area contributed by atoms with Crippen LogP contribution in [0.15, 0.2) is 6.07 Å². The van der Waals surface area contributed by atoms with Crippen LogP contribution in [0.4, 0.5) is 22.0 Å². The second kappa shape index (κ2) is 5.84. The van der Waals surface area contributed by atoms with Crippen LogP contribution in [0.5, 0.6) is 5.88 Å². The summed E-state index contributed by atoms with van der Waals surface area (Å²) in [6.45, 7) is 0. The molecule has 0 fully saturated rings. The van der Waals surface area contributed by atoms with Gasteiger partial charge in [0.2, 0.25) is 5.88 Å². The van der Waals surface area contributed by atoms with Gasteiger partial charge in [-0.2, -0.15) is 0 Å². The van der Waals surface area contributed by atoms with E-state index in [1.807, 2.05) is 0 Å². The van der Waals surface area contributed by atoms with Gasteiger partial charge in [0.25, 0.3) is 6.43 Å². The fourth-order valence-electron chi connectivity index (χ4n) is 1.18. The summed E-state index contributed by atoms with van der Waals surface area (Å²) in [6, 6.07) is 0.720. The molecule has 1 aromatic rings. The first-order chi connectivity index (χ1) is 8.60. The number of ether oxygens (including phenoxy) is 1. The number of carboxylic acids is 1. The molecule has 10 heteroatoms. The Balaban J connectivity index is 3.25. The maximum atomic E-state index is 12.6. The number of hydrogen-bond acceptors (Lipinski definition) is 3. The van der Waals surface area contributed by atoms with Crippen molar-refractivity contribution in [3.05, 3.63) is 20.9 Å². The Kier molecular flexibility index (Phi) is 4.87. The molecule has 0 bridgehead atoms. The number of aliphatic carboxylic acids is 1. The van der Waals surface area contributed by atoms with Crippen LogP contribution < -0.4 is 4.74 Å². The Morgan fingerprint density at radius 2 is 2.05 bits per heavy atom. The molecule has 0 atom stereocenters. The van der Waals surface area contributed by atoms with E-state index in [0.717, 1.165) is 6.07 Å². The van der Waals surface area contributed by atoms with E-state index >= 15 is 0 Å². The van der Waals surface area contributed by atoms with Crippen LogP contribution in [0.1, 0.15) is 17.7 Å². The number of carbonyl (C=O) groups is 1. The molecular weight excluding hydrogens is 392 g/mol. The average Bonchev–Trinajstić information content (AvgIpc) is 2.19. The summed E-state index contributed by atoms with van der Waals surface area (Å²) >= 11 is 1.34. The number of alkyl halides is 5. The molecule has 0 unspecified atom stereocenters. The topological polar surface area (TPSA) is 59.4 Å². The highest BCUT2D eigenvalue weighted by atomic mass is 127. The molecule has 4 nitrogen and oxygen atoms in total. The fourth-order valence-corrected chi connectivity index (χ4v) is 1.74. The quantitative estimate of drug-likeness (QED) is 0.627. The predicted octanol–water partition coefficient (Wildman–Crippen LogP) is 3.15. The van der Waals surface area contributed by atoms with Crippen molar-refractivity contribution in [2.75, 3.05) is 0 Å². The lowest BCUT2D eigenvalue weighted by Crippen LogP contribution is -2.20. The summed E-state index contributed by atoms with van der Waals surface area (Å²) in [7, 11) is 0. The van der Waals surface area contributed by atoms with Gasteiger partial charge in [-0.3, -0.25) is 4.79 Å². The molecule has 19 heavy (non-hydrogen) atoms. The van der Waals surface area contributed by atoms with Crippen LogP contribution >= 0.6 is 22.6 Å². The second-order valence-corrected chi connectivity index (χ2v) is 4.39. The lowest BCUT2D eigenvalue weighted by atomic mass is 10.1. The van der Waals surface area contributed by atoms with Crippen molar-refractivity contribution in [3.8, 4) is 5.88 Å². The molecule has 0 aliphatic heterocycles. The number of aromatic nitrogens is 1. The highest BCUT2D eigenvalue weighted by Gasteiger charge is 2.33. The van der Waals surface area contributed by atoms with E-state index in [2.05, 4.69) is 9.72 Å². The molecular formula is C9H5F5INO3. The highest BCUT2D eigenvalue weighted by Crippen LogP contribution is 2.31. The minimum absolute atomic E-state index is 0.292. The molecule has 0 aromatic carbocycles. The molecule has 0 aliphatic rings. The second-order valence-electron chi connectivity index (χ2n) is 3.23. The summed E-state index contributed by atoms with van der Waals surface area (Å²) in [4.78, 5) is 13.7. The summed E-state index contributed by atoms with van der Waals surface area (Å²) in [5.74, 6) is -2.44. The molecule has 106 valence electrons. The first-order valence-corrected chi connectivity index (χ1v) is 5.63. The molecule has 1 N–H and O–H groups in total. The Bertz CT molecular complexity index is 491. The molecule has 0 saturated heterocycles. The van der Waals surface area contributed by atoms with Gasteiger partial charge >= 0.3 is 12.3 Å². The summed E-state index contributed by atoms with van der Waals surface area (Å²) in [5.41, 5.74) is -1.40. The Morgan fingerprint density at radius 1 is 1.47 bits per heavy atom. The van der Waals surface area contributed by atoms with E-state index in [4.69, 9.17) is 5.11 Å². The van der Waals surface area contributed by atoms with Gasteiger partial charge in [-0.15, -0.1) is 13.2 Å². The SMILES string of the molecule is O=C(O)Cc1nc(OC(F)(F)F)c(I)cc1C(F)F. The standard InChI is InChI=1S/C9H5F5INO3/c10-7(11)3-1-4(15)8(19-9(12,13)14)16-5(3)2-6(17)18/h1,7H,2H2,(H,17,18). The first kappa shape index (κ1) is 15.9. The van der Waals surface area contributed by atoms with E-state index in [9.17, 15) is 26.7 Å². The van der Waals surface area contributed by atoms with E-state index in [1.165, 1.54) is 22.6 Å². The van der Waals surface area contributed by atoms with Crippen molar-refractivity contribution in [1.29, 1.82) is 0 Å². The number of nitrogens with zero attached hydrogens (tertiary/aromatic N) is 1. The lowest BCUT2D eigenvalue weighted by molar-refractivity contribution is -0.276. The third-order valence-corrected chi connectivity index (χ3v) is 2.60. The van der Waals surface area contributed by atoms with Gasteiger partial charge in [-0.05, 0) is 28.7 Å². The van der Waals surface area contributed by atoms with E-state index in [1.54, 1.807) is 0 Å². The van der Waals surface area contributed by atoms with Crippen molar-refractivity contribution in [2.24, 2.45) is 0 Å². The number of pyridine rings is 1. The zero-order valence-corrected chi connectivity index (χ0v) is 11.0. The Morgan fingerprint density at radius 3 is 2.47 bits per heavy atom. The van der Waals surface area contributed by atoms with Gasteiger partial charge in [0.15, 0.2) is 0 Å². The minimum atomic E-state index is -5.04. The summed E-state index contributed by atoms with van der Waals surface area (Å²) in [5, 5.41) is 8.52. The minimum Gasteiger partial charge on any atom is -0.481 e. The average molecular weight is 397 g/mol. The Hall–Kier alpha value is -1.20. The van der Waals surface area contributed by atoms with Crippen LogP contribution in [0.2, 0.25) is 0 Å². The number of hydrogen-bond donors (Lipinski definition) is 1. The molecule has 1 aromatic heterocycles. The zero-order valence-electron chi connectivity index (χ0n) is 8.84. The molecule has 1 heterocycles. The maximum Gasteiger partial charge on any atom is 0.574 e. The van der Waals surface area contributed by atoms with Crippen LogP contribution in [0.3, 0.4) is 0 Å². The van der Waals surface area contributed by atoms with E-state index in [-0.39, 0.29) is 3.57 Å². The van der Waals surface area contributed by atoms with Crippen LogP contribution in [-0.4, -0.2) is 22.4 Å². The third-order valence-electron chi connectivity index (χ3n) is 1.82. The first-order valence-electron chi connectivity index (χ1n) is 4.55. The van der Waals surface area contributed by atoms with Crippen LogP contribution in [0, 0.1) is 3.57 Å². The Labute approximate surface area is 116 Å². The van der Waals surface area contributed by atoms with E-state index in [0.29, 0.717) is 0 Å². The number of rotatable bonds is 4. The summed E-state index contributed by atoms with van der Waals surface area (Å²) < 4.78 is 64.6. The van der Waals surface area contributed by atoms with Crippen molar-refractivity contribution in [2.45, 2.75) is 19.2 Å². The number of halogens is 6. The largest absolute Gasteiger partial charge is 0.574 e. The molecule has 0 amide bonds. The van der Waals surface area contributed by atoms with Gasteiger partial charge in [0, 0.05) is 5.56 Å². The van der Waals surface area contributed by atoms with Gasteiger partial charge in [0.05, 0.1) is 15.7 Å². The lowest BCUT2D eigenvalue weighted by Gasteiger charge is -2.13. The van der Waals surface area contributed by atoms with Gasteiger partial charge < -0.3 is 9.84 Å². The molecule has 0 saturated carbocycles. The van der Waals surface area contributed by atoms with Gasteiger partial charge in [-0.1, -0.05) is 0 Å². The molecule has 0 radical (unpaired) electrons. The smallest absolute Gasteiger partial charge is 0.481 e. The van der Waals surface area contributed by atoms with Gasteiger partial charge in [0.1, 0.15) is 0 Å². The van der Waals surface area contributed by atoms with E-state index < -0.39 is 42.3 Å². The summed E-state index contributed by atoms with van der Waals surface area (Å²) in [6.07, 6.45) is -9.01. The van der Waals surface area contributed by atoms with Crippen molar-refractivity contribution in [1.82, 2.24) is 4.98 Å². The maximum absolute atomic E-state index is 12.6. The fraction of sp³-hybridized carbons (Fsp3) is 0.333. The monoisotopic (exact) mass is 397 g/mol. The van der Waals surface area contributed by atoms with Gasteiger partial charge in [-0.25, -0.2) is 13.8 Å². The molecule has 1 rings (SSSR count). The normalized spacial score (nSPS) is 11.7. The molecule has 0 aliphatic carbocycles. The highest BCUT2D eigenvalue weighted by molar-refractivity contribution is 14.1. The van der Waals surface area contributed by atoms with Crippen molar-refractivity contribution >= 4 is 28.6 Å².